The Bertz CT molecular complexity index is 1030. The normalized spacial score (nSPS) is 14.9. The maximum absolute atomic E-state index is 13.5. The van der Waals surface area contributed by atoms with Crippen LogP contribution in [0.4, 0.5) is 4.39 Å². The fourth-order valence-electron chi connectivity index (χ4n) is 3.49. The van der Waals surface area contributed by atoms with Gasteiger partial charge in [0.1, 0.15) is 10.8 Å². The lowest BCUT2D eigenvalue weighted by Crippen LogP contribution is -2.38. The van der Waals surface area contributed by atoms with Gasteiger partial charge in [-0.15, -0.1) is 11.3 Å². The fraction of sp³-hybridized carbons (Fsp3) is 0.409. The fourth-order valence-corrected chi connectivity index (χ4v) is 5.22. The summed E-state index contributed by atoms with van der Waals surface area (Å²) in [6.07, 6.45) is 2.14. The van der Waals surface area contributed by atoms with Crippen molar-refractivity contribution >= 4 is 29.0 Å². The van der Waals surface area contributed by atoms with Crippen LogP contribution >= 0.6 is 23.1 Å². The summed E-state index contributed by atoms with van der Waals surface area (Å²) in [5.74, 6) is 1.87. The molecule has 3 aromatic rings. The average Bonchev–Trinajstić information content (AvgIpc) is 3.36. The molecule has 3 heterocycles. The van der Waals surface area contributed by atoms with Crippen molar-refractivity contribution in [2.75, 3.05) is 24.6 Å². The molecule has 0 radical (unpaired) electrons. The molecule has 4 rings (SSSR count). The van der Waals surface area contributed by atoms with E-state index in [1.54, 1.807) is 12.1 Å². The molecule has 5 nitrogen and oxygen atoms in total. The van der Waals surface area contributed by atoms with Gasteiger partial charge < -0.3 is 4.90 Å². The number of carbonyl (C=O) groups excluding carboxylic acids is 1. The van der Waals surface area contributed by atoms with E-state index in [-0.39, 0.29) is 17.3 Å². The van der Waals surface area contributed by atoms with E-state index in [4.69, 9.17) is 4.98 Å². The van der Waals surface area contributed by atoms with Gasteiger partial charge in [-0.25, -0.2) is 9.37 Å². The molecule has 0 saturated carbocycles. The van der Waals surface area contributed by atoms with Crippen molar-refractivity contribution in [3.63, 3.8) is 0 Å². The van der Waals surface area contributed by atoms with Crippen LogP contribution in [-0.2, 0) is 16.8 Å². The van der Waals surface area contributed by atoms with Crippen LogP contribution in [0, 0.1) is 5.82 Å². The zero-order valence-electron chi connectivity index (χ0n) is 17.4. The third-order valence-electron chi connectivity index (χ3n) is 5.00. The summed E-state index contributed by atoms with van der Waals surface area (Å²) in [6, 6.07) is 6.46. The first kappa shape index (κ1) is 21.1. The maximum atomic E-state index is 13.5. The largest absolute Gasteiger partial charge is 0.341 e. The van der Waals surface area contributed by atoms with Crippen LogP contribution in [-0.4, -0.2) is 50.2 Å². The van der Waals surface area contributed by atoms with Gasteiger partial charge in [-0.05, 0) is 45.0 Å². The minimum Gasteiger partial charge on any atom is -0.341 e. The first-order chi connectivity index (χ1) is 14.3. The number of halogens is 1. The lowest BCUT2D eigenvalue weighted by Gasteiger charge is -2.26. The van der Waals surface area contributed by atoms with E-state index in [0.717, 1.165) is 52.1 Å². The number of hydrogen-bond acceptors (Lipinski definition) is 5. The Morgan fingerprint density at radius 2 is 1.87 bits per heavy atom. The van der Waals surface area contributed by atoms with Crippen molar-refractivity contribution < 1.29 is 9.18 Å². The Labute approximate surface area is 184 Å². The van der Waals surface area contributed by atoms with Crippen molar-refractivity contribution in [1.82, 2.24) is 19.7 Å². The standard InChI is InChI=1S/C22H25FN4OS2/c1-22(2,3)27-20(15-4-6-16(23)7-5-15)18(13-24-27)21-25-17(14-30-21)12-19(28)26-8-10-29-11-9-26/h4-7,13-14H,8-12H2,1-3H3. The first-order valence-corrected chi connectivity index (χ1v) is 12.0. The third kappa shape index (κ3) is 4.44. The number of thiazole rings is 1. The minimum absolute atomic E-state index is 0.135. The number of carbonyl (C=O) groups is 1. The minimum atomic E-state index is -0.270. The van der Waals surface area contributed by atoms with Crippen LogP contribution in [0.2, 0.25) is 0 Å². The van der Waals surface area contributed by atoms with Crippen LogP contribution in [0.1, 0.15) is 26.5 Å². The second-order valence-corrected chi connectivity index (χ2v) is 10.4. The highest BCUT2D eigenvalue weighted by Crippen LogP contribution is 2.36. The van der Waals surface area contributed by atoms with Gasteiger partial charge >= 0.3 is 0 Å². The molecule has 1 aromatic carbocycles. The van der Waals surface area contributed by atoms with Gasteiger partial charge in [0.25, 0.3) is 0 Å². The highest BCUT2D eigenvalue weighted by molar-refractivity contribution is 7.99. The SMILES string of the molecule is CC(C)(C)n1ncc(-c2nc(CC(=O)N3CCSCC3)cs2)c1-c1ccc(F)cc1. The zero-order chi connectivity index (χ0) is 21.3. The van der Waals surface area contributed by atoms with Gasteiger partial charge in [0, 0.05) is 35.5 Å². The van der Waals surface area contributed by atoms with Crippen LogP contribution in [0.3, 0.4) is 0 Å². The third-order valence-corrected chi connectivity index (χ3v) is 6.87. The van der Waals surface area contributed by atoms with Gasteiger partial charge in [0.05, 0.1) is 35.1 Å². The van der Waals surface area contributed by atoms with Crippen molar-refractivity contribution in [3.05, 3.63) is 47.4 Å². The average molecular weight is 445 g/mol. The predicted molar refractivity (Wildman–Crippen MR) is 121 cm³/mol. The van der Waals surface area contributed by atoms with Crippen LogP contribution < -0.4 is 0 Å². The van der Waals surface area contributed by atoms with Crippen molar-refractivity contribution in [1.29, 1.82) is 0 Å². The zero-order valence-corrected chi connectivity index (χ0v) is 19.0. The smallest absolute Gasteiger partial charge is 0.228 e. The van der Waals surface area contributed by atoms with E-state index < -0.39 is 0 Å². The predicted octanol–water partition coefficient (Wildman–Crippen LogP) is 4.69. The Morgan fingerprint density at radius 3 is 2.53 bits per heavy atom. The highest BCUT2D eigenvalue weighted by Gasteiger charge is 2.25. The first-order valence-electron chi connectivity index (χ1n) is 9.97. The molecule has 0 atom stereocenters. The summed E-state index contributed by atoms with van der Waals surface area (Å²) in [7, 11) is 0. The van der Waals surface area contributed by atoms with Crippen molar-refractivity contribution in [3.8, 4) is 21.8 Å². The summed E-state index contributed by atoms with van der Waals surface area (Å²) < 4.78 is 15.4. The van der Waals surface area contributed by atoms with Gasteiger partial charge in [0.2, 0.25) is 5.91 Å². The molecule has 1 aliphatic heterocycles. The molecule has 0 spiro atoms. The maximum Gasteiger partial charge on any atom is 0.228 e. The van der Waals surface area contributed by atoms with E-state index in [0.29, 0.717) is 6.42 Å². The Morgan fingerprint density at radius 1 is 1.17 bits per heavy atom. The number of aromatic nitrogens is 3. The molecule has 0 unspecified atom stereocenters. The van der Waals surface area contributed by atoms with Gasteiger partial charge in [-0.3, -0.25) is 9.48 Å². The Kier molecular flexibility index (Phi) is 5.97. The molecule has 1 fully saturated rings. The van der Waals surface area contributed by atoms with Gasteiger partial charge in [-0.2, -0.15) is 16.9 Å². The quantitative estimate of drug-likeness (QED) is 0.586. The van der Waals surface area contributed by atoms with Crippen LogP contribution in [0.25, 0.3) is 21.8 Å². The van der Waals surface area contributed by atoms with E-state index in [2.05, 4.69) is 25.9 Å². The highest BCUT2D eigenvalue weighted by atomic mass is 32.2. The van der Waals surface area contributed by atoms with E-state index in [1.165, 1.54) is 23.5 Å². The molecule has 0 bridgehead atoms. The van der Waals surface area contributed by atoms with Crippen LogP contribution in [0.15, 0.2) is 35.8 Å². The van der Waals surface area contributed by atoms with E-state index >= 15 is 0 Å². The van der Waals surface area contributed by atoms with E-state index in [9.17, 15) is 9.18 Å². The second-order valence-electron chi connectivity index (χ2n) is 8.31. The Hall–Kier alpha value is -2.19. The van der Waals surface area contributed by atoms with Gasteiger partial charge in [0.15, 0.2) is 0 Å². The number of thioether (sulfide) groups is 1. The molecule has 0 N–H and O–H groups in total. The van der Waals surface area contributed by atoms with Crippen LogP contribution in [0.5, 0.6) is 0 Å². The van der Waals surface area contributed by atoms with Gasteiger partial charge in [-0.1, -0.05) is 0 Å². The number of hydrogen-bond donors (Lipinski definition) is 0. The summed E-state index contributed by atoms with van der Waals surface area (Å²) in [5.41, 5.74) is 3.23. The summed E-state index contributed by atoms with van der Waals surface area (Å²) in [5, 5.41) is 7.39. The topological polar surface area (TPSA) is 51.0 Å². The number of benzene rings is 1. The number of nitrogens with zero attached hydrogens (tertiary/aromatic N) is 4. The van der Waals surface area contributed by atoms with Crippen molar-refractivity contribution in [2.24, 2.45) is 0 Å². The molecule has 8 heteroatoms. The lowest BCUT2D eigenvalue weighted by atomic mass is 10.0. The molecule has 1 saturated heterocycles. The number of rotatable bonds is 4. The van der Waals surface area contributed by atoms with E-state index in [1.807, 2.05) is 32.9 Å². The summed E-state index contributed by atoms with van der Waals surface area (Å²) in [4.78, 5) is 19.3. The Balaban J connectivity index is 1.65. The number of amides is 1. The summed E-state index contributed by atoms with van der Waals surface area (Å²) in [6.45, 7) is 7.88. The molecule has 2 aromatic heterocycles. The summed E-state index contributed by atoms with van der Waals surface area (Å²) >= 11 is 3.40. The molecule has 1 aliphatic rings. The molecular weight excluding hydrogens is 419 g/mol. The van der Waals surface area contributed by atoms with Crippen molar-refractivity contribution in [2.45, 2.75) is 32.7 Å². The molecular formula is C22H25FN4OS2. The molecule has 0 aliphatic carbocycles. The molecule has 30 heavy (non-hydrogen) atoms. The lowest BCUT2D eigenvalue weighted by molar-refractivity contribution is -0.130. The molecule has 1 amide bonds. The monoisotopic (exact) mass is 444 g/mol. The molecule has 158 valence electrons. The second kappa shape index (κ2) is 8.51.